The topological polar surface area (TPSA) is 312 Å². The van der Waals surface area contributed by atoms with Gasteiger partial charge in [-0.05, 0) is 34.4 Å². The Morgan fingerprint density at radius 3 is 1.47 bits per heavy atom. The van der Waals surface area contributed by atoms with Crippen molar-refractivity contribution in [2.45, 2.75) is 86.3 Å². The molecule has 2 fully saturated rings. The van der Waals surface area contributed by atoms with Gasteiger partial charge in [0.15, 0.2) is 16.6 Å². The van der Waals surface area contributed by atoms with Crippen LogP contribution in [0.3, 0.4) is 0 Å². The van der Waals surface area contributed by atoms with Crippen LogP contribution in [0, 0.1) is 10.1 Å². The van der Waals surface area contributed by atoms with Crippen LogP contribution in [0.1, 0.15) is 22.3 Å². The van der Waals surface area contributed by atoms with Crippen molar-refractivity contribution in [3.63, 3.8) is 0 Å². The van der Waals surface area contributed by atoms with Crippen LogP contribution in [-0.4, -0.2) is 118 Å². The zero-order valence-corrected chi connectivity index (χ0v) is 48.6. The number of non-ortho nitro benzene ring substituents is 1. The summed E-state index contributed by atoms with van der Waals surface area (Å²) in [7, 11) is -16.1. The van der Waals surface area contributed by atoms with Gasteiger partial charge < -0.3 is 47.4 Å². The number of nitrogens with one attached hydrogen (secondary N) is 1. The fourth-order valence-electron chi connectivity index (χ4n) is 8.05. The van der Waals surface area contributed by atoms with Gasteiger partial charge in [0.2, 0.25) is 20.4 Å². The first-order chi connectivity index (χ1) is 33.9. The number of carboxylic acid groups (broad SMARTS) is 1. The molecule has 5 aromatic carbocycles. The van der Waals surface area contributed by atoms with E-state index < -0.39 is 120 Å². The van der Waals surface area contributed by atoms with Gasteiger partial charge in [0.25, 0.3) is 5.69 Å². The molecule has 0 saturated carbocycles. The van der Waals surface area contributed by atoms with E-state index in [0.29, 0.717) is 26.6 Å². The Morgan fingerprint density at radius 1 is 0.622 bits per heavy atom. The van der Waals surface area contributed by atoms with E-state index in [1.54, 1.807) is 121 Å². The summed E-state index contributed by atoms with van der Waals surface area (Å²) < 4.78 is 149. The number of carbonyl (C=O) groups excluding carboxylic acids is 1. The minimum absolute atomic E-state index is 0. The zero-order chi connectivity index (χ0) is 50.8. The summed E-state index contributed by atoms with van der Waals surface area (Å²) in [6.45, 7) is -3.03. The number of carboxylic acids is 1. The van der Waals surface area contributed by atoms with Crippen LogP contribution in [0.2, 0.25) is 0 Å². The molecule has 0 spiro atoms. The second-order valence-corrected chi connectivity index (χ2v) is 20.2. The number of nitrogens with zero attached hydrogens (tertiary/aromatic N) is 2. The second-order valence-electron chi connectivity index (χ2n) is 16.1. The Morgan fingerprint density at radius 2 is 1.05 bits per heavy atom. The standard InChI is InChI=1S/C46H49N3O19S3.3Na/c50-45(51)40-44(41(63-27-32-15-7-2-8-16-32)37(62-26-31-13-5-1-6-14-31)25-48(40)69(54,55)36-23-21-35(22-24-36)49(52)53)68-46-39(47-70(56,57)58)43(65-29-34-19-11-4-12-20-34)42(38(67-46)30-66-71(59,60)61)64-28-33-17-9-3-10-18-33;;;/h1-24,37-44,46-47H,25-30H2,(H,50,51)(H,56,57,58)(H,59,60,61);;;/q;3*+1/p-3/t37-,38+,39+,40+,41+,42+,43+,44+,46+;;;/m0.../s1. The summed E-state index contributed by atoms with van der Waals surface area (Å²) >= 11 is 0. The number of nitro groups is 1. The summed E-state index contributed by atoms with van der Waals surface area (Å²) in [4.78, 5) is 23.8. The molecule has 5 aromatic rings. The van der Waals surface area contributed by atoms with Gasteiger partial charge in [-0.25, -0.2) is 30.0 Å². The molecule has 2 saturated heterocycles. The third kappa shape index (κ3) is 18.0. The Bertz CT molecular complexity index is 2890. The van der Waals surface area contributed by atoms with E-state index in [1.165, 1.54) is 0 Å². The Labute approximate surface area is 494 Å². The molecule has 2 aliphatic heterocycles. The largest absolute Gasteiger partial charge is 1.00 e. The predicted octanol–water partition coefficient (Wildman–Crippen LogP) is -6.92. The molecule has 7 rings (SSSR count). The molecule has 74 heavy (non-hydrogen) atoms. The number of rotatable bonds is 23. The molecule has 380 valence electrons. The van der Waals surface area contributed by atoms with Gasteiger partial charge in [0, 0.05) is 18.7 Å². The van der Waals surface area contributed by atoms with E-state index in [4.69, 9.17) is 28.4 Å². The average molecular weight is 1110 g/mol. The zero-order valence-electron chi connectivity index (χ0n) is 40.2. The number of nitro benzene ring substituents is 1. The van der Waals surface area contributed by atoms with Gasteiger partial charge in [0.1, 0.15) is 42.7 Å². The third-order valence-electron chi connectivity index (χ3n) is 11.3. The van der Waals surface area contributed by atoms with Crippen LogP contribution < -0.4 is 98.5 Å². The smallest absolute Gasteiger partial charge is 0.735 e. The maximum Gasteiger partial charge on any atom is 1.00 e. The molecule has 0 aromatic heterocycles. The van der Waals surface area contributed by atoms with Crippen LogP contribution in [0.15, 0.2) is 150 Å². The number of sulfonamides is 1. The summed E-state index contributed by atoms with van der Waals surface area (Å²) in [6, 6.07) is 32.7. The third-order valence-corrected chi connectivity index (χ3v) is 14.2. The molecule has 0 bridgehead atoms. The molecule has 0 amide bonds. The quantitative estimate of drug-likeness (QED) is 0.0209. The monoisotopic (exact) mass is 1110 g/mol. The summed E-state index contributed by atoms with van der Waals surface area (Å²) in [5.74, 6) is -2.09. The number of ether oxygens (including phenoxy) is 6. The molecule has 9 atom stereocenters. The molecule has 22 nitrogen and oxygen atoms in total. The van der Waals surface area contributed by atoms with E-state index in [2.05, 4.69) is 4.18 Å². The van der Waals surface area contributed by atoms with E-state index >= 15 is 0 Å². The van der Waals surface area contributed by atoms with Gasteiger partial charge in [-0.1, -0.05) is 121 Å². The Hall–Kier alpha value is -2.62. The van der Waals surface area contributed by atoms with E-state index in [-0.39, 0.29) is 115 Å². The van der Waals surface area contributed by atoms with Crippen molar-refractivity contribution in [2.24, 2.45) is 0 Å². The molecule has 0 aliphatic carbocycles. The first kappa shape index (κ1) is 63.9. The van der Waals surface area contributed by atoms with E-state index in [1.807, 2.05) is 4.72 Å². The Kier molecular flexibility index (Phi) is 25.4. The van der Waals surface area contributed by atoms with Gasteiger partial charge in [0.05, 0.1) is 54.9 Å². The minimum atomic E-state index is -5.59. The molecule has 2 heterocycles. The van der Waals surface area contributed by atoms with Crippen LogP contribution >= 0.6 is 0 Å². The van der Waals surface area contributed by atoms with E-state index in [9.17, 15) is 54.4 Å². The van der Waals surface area contributed by atoms with Crippen molar-refractivity contribution < 1.29 is 170 Å². The maximum absolute atomic E-state index is 14.7. The van der Waals surface area contributed by atoms with Crippen molar-refractivity contribution in [1.29, 1.82) is 0 Å². The van der Waals surface area contributed by atoms with Crippen molar-refractivity contribution in [2.75, 3.05) is 13.2 Å². The van der Waals surface area contributed by atoms with E-state index in [0.717, 1.165) is 24.3 Å². The van der Waals surface area contributed by atoms with Crippen molar-refractivity contribution in [1.82, 2.24) is 9.03 Å². The van der Waals surface area contributed by atoms with Crippen LogP contribution in [0.4, 0.5) is 5.69 Å². The maximum atomic E-state index is 14.7. The van der Waals surface area contributed by atoms with Gasteiger partial charge in [-0.15, -0.1) is 0 Å². The molecule has 0 radical (unpaired) electrons. The van der Waals surface area contributed by atoms with Crippen LogP contribution in [-0.2, 0) is 94.6 Å². The predicted molar refractivity (Wildman–Crippen MR) is 242 cm³/mol. The molecule has 28 heteroatoms. The number of piperidine rings is 1. The average Bonchev–Trinajstić information content (AvgIpc) is 3.34. The van der Waals surface area contributed by atoms with Gasteiger partial charge in [-0.3, -0.25) is 14.3 Å². The fraction of sp³-hybridized carbons (Fsp3) is 0.326. The second kappa shape index (κ2) is 29.4. The van der Waals surface area contributed by atoms with Crippen molar-refractivity contribution in [3.8, 4) is 0 Å². The number of benzene rings is 5. The molecule has 1 N–H and O–H groups in total. The number of hydrogen-bond donors (Lipinski definition) is 1. The van der Waals surface area contributed by atoms with Crippen molar-refractivity contribution >= 4 is 42.4 Å². The molecule has 0 unspecified atom stereocenters. The van der Waals surface area contributed by atoms with Crippen molar-refractivity contribution in [3.05, 3.63) is 178 Å². The summed E-state index contributed by atoms with van der Waals surface area (Å²) in [5, 5.41) is 25.2. The van der Waals surface area contributed by atoms with Gasteiger partial charge in [-0.2, -0.15) is 4.31 Å². The Balaban J connectivity index is 0.00000395. The fourth-order valence-corrected chi connectivity index (χ4v) is 10.5. The van der Waals surface area contributed by atoms with Crippen LogP contribution in [0.5, 0.6) is 0 Å². The number of carbonyl (C=O) groups is 1. The molecule has 2 aliphatic rings. The SMILES string of the molecule is O=C([O-])[C@H]1[C@@H](O[C@H]2O[C@H](COS(=O)(=O)[O-])[C@@H](OCc3ccccc3)[C@H](OCc3ccccc3)[C@H]2NS(=O)(=O)[O-])[C@H](OCc2ccccc2)[C@@H](OCc2ccccc2)CN1S(=O)(=O)c1ccc([N+](=O)[O-])cc1.[Na+].[Na+].[Na+]. The normalized spacial score (nSPS) is 23.3. The first-order valence-electron chi connectivity index (χ1n) is 21.6. The first-order valence-corrected chi connectivity index (χ1v) is 25.8. The number of hydrogen-bond acceptors (Lipinski definition) is 19. The minimum Gasteiger partial charge on any atom is -0.735 e. The molecular formula is C46H46N3Na3O19S3. The number of aliphatic carboxylic acids is 1. The summed E-state index contributed by atoms with van der Waals surface area (Å²) in [6.07, 6.45) is -12.7. The van der Waals surface area contributed by atoms with Crippen LogP contribution in [0.25, 0.3) is 0 Å². The summed E-state index contributed by atoms with van der Waals surface area (Å²) in [5.41, 5.74) is 1.67. The van der Waals surface area contributed by atoms with Gasteiger partial charge >= 0.3 is 88.7 Å². The molecular weight excluding hydrogens is 1060 g/mol.